The Bertz CT molecular complexity index is 662. The zero-order chi connectivity index (χ0) is 20.4. The van der Waals surface area contributed by atoms with Crippen molar-refractivity contribution in [1.29, 1.82) is 0 Å². The third-order valence-electron chi connectivity index (χ3n) is 6.02. The van der Waals surface area contributed by atoms with Gasteiger partial charge in [-0.1, -0.05) is 37.5 Å². The van der Waals surface area contributed by atoms with Crippen molar-refractivity contribution < 1.29 is 8.95 Å². The molecule has 1 aliphatic heterocycles. The van der Waals surface area contributed by atoms with Crippen molar-refractivity contribution in [2.24, 2.45) is 10.4 Å². The van der Waals surface area contributed by atoms with Crippen LogP contribution in [0.4, 0.5) is 0 Å². The highest BCUT2D eigenvalue weighted by Crippen LogP contribution is 2.36. The van der Waals surface area contributed by atoms with Gasteiger partial charge < -0.3 is 15.4 Å². The number of morpholine rings is 1. The second kappa shape index (κ2) is 13.6. The molecular weight excluding hydrogens is 511 g/mol. The van der Waals surface area contributed by atoms with Crippen molar-refractivity contribution in [2.45, 2.75) is 37.0 Å². The molecule has 1 aromatic rings. The molecule has 1 heterocycles. The topological polar surface area (TPSA) is 66.0 Å². The first-order valence-corrected chi connectivity index (χ1v) is 12.2. The molecule has 1 atom stereocenters. The Morgan fingerprint density at radius 1 is 1.13 bits per heavy atom. The fourth-order valence-electron chi connectivity index (χ4n) is 4.37. The fourth-order valence-corrected chi connectivity index (χ4v) is 5.35. The van der Waals surface area contributed by atoms with Gasteiger partial charge in [-0.2, -0.15) is 0 Å². The minimum atomic E-state index is -0.987. The van der Waals surface area contributed by atoms with Crippen LogP contribution in [0.3, 0.4) is 0 Å². The molecule has 2 aliphatic rings. The average molecular weight is 549 g/mol. The lowest BCUT2D eigenvalue weighted by atomic mass is 9.73. The van der Waals surface area contributed by atoms with E-state index in [1.807, 2.05) is 30.3 Å². The van der Waals surface area contributed by atoms with Crippen molar-refractivity contribution in [3.8, 4) is 0 Å². The van der Waals surface area contributed by atoms with Gasteiger partial charge in [0.2, 0.25) is 0 Å². The van der Waals surface area contributed by atoms with Gasteiger partial charge >= 0.3 is 0 Å². The van der Waals surface area contributed by atoms with Gasteiger partial charge in [-0.05, 0) is 25.0 Å². The van der Waals surface area contributed by atoms with Crippen LogP contribution in [-0.2, 0) is 15.5 Å². The van der Waals surface area contributed by atoms with E-state index in [9.17, 15) is 4.21 Å². The van der Waals surface area contributed by atoms with Crippen LogP contribution in [0.2, 0.25) is 0 Å². The maximum atomic E-state index is 12.4. The zero-order valence-corrected chi connectivity index (χ0v) is 21.3. The molecule has 2 fully saturated rings. The lowest BCUT2D eigenvalue weighted by Crippen LogP contribution is -2.51. The van der Waals surface area contributed by atoms with Gasteiger partial charge in [0.05, 0.1) is 24.0 Å². The van der Waals surface area contributed by atoms with Gasteiger partial charge in [0.25, 0.3) is 0 Å². The lowest BCUT2D eigenvalue weighted by molar-refractivity contribution is 0.00820. The number of nitrogens with zero attached hydrogens (tertiary/aromatic N) is 2. The molecular formula is C22H37IN4O2S. The van der Waals surface area contributed by atoms with Crippen LogP contribution in [0, 0.1) is 5.41 Å². The highest BCUT2D eigenvalue weighted by Gasteiger charge is 2.34. The maximum Gasteiger partial charge on any atom is 0.191 e. The van der Waals surface area contributed by atoms with Gasteiger partial charge in [0, 0.05) is 55.8 Å². The van der Waals surface area contributed by atoms with Gasteiger partial charge in [0.15, 0.2) is 5.96 Å². The summed E-state index contributed by atoms with van der Waals surface area (Å²) in [6, 6.07) is 9.64. The predicted molar refractivity (Wildman–Crippen MR) is 135 cm³/mol. The predicted octanol–water partition coefficient (Wildman–Crippen LogP) is 2.86. The molecule has 0 spiro atoms. The van der Waals surface area contributed by atoms with Crippen molar-refractivity contribution >= 4 is 40.7 Å². The number of guanidine groups is 1. The Kier molecular flexibility index (Phi) is 11.6. The van der Waals surface area contributed by atoms with Crippen LogP contribution < -0.4 is 10.6 Å². The Morgan fingerprint density at radius 3 is 2.50 bits per heavy atom. The summed E-state index contributed by atoms with van der Waals surface area (Å²) in [5, 5.41) is 6.91. The van der Waals surface area contributed by atoms with E-state index in [-0.39, 0.29) is 24.0 Å². The molecule has 0 radical (unpaired) electrons. The zero-order valence-electron chi connectivity index (χ0n) is 18.1. The molecule has 0 aromatic heterocycles. The van der Waals surface area contributed by atoms with E-state index in [4.69, 9.17) is 4.74 Å². The minimum Gasteiger partial charge on any atom is -0.379 e. The monoisotopic (exact) mass is 548 g/mol. The van der Waals surface area contributed by atoms with E-state index in [1.165, 1.54) is 32.1 Å². The lowest BCUT2D eigenvalue weighted by Gasteiger charge is -2.42. The number of benzene rings is 1. The van der Waals surface area contributed by atoms with Crippen LogP contribution in [0.1, 0.15) is 32.1 Å². The Morgan fingerprint density at radius 2 is 1.83 bits per heavy atom. The van der Waals surface area contributed by atoms with Gasteiger partial charge in [-0.25, -0.2) is 0 Å². The fraction of sp³-hybridized carbons (Fsp3) is 0.682. The summed E-state index contributed by atoms with van der Waals surface area (Å²) in [5.74, 6) is 1.38. The van der Waals surface area contributed by atoms with Crippen molar-refractivity contribution in [2.75, 3.05) is 58.7 Å². The molecule has 1 aromatic carbocycles. The first-order chi connectivity index (χ1) is 14.2. The average Bonchev–Trinajstić information content (AvgIpc) is 2.78. The Hall–Kier alpha value is -0.710. The minimum absolute atomic E-state index is 0. The molecule has 1 saturated heterocycles. The van der Waals surface area contributed by atoms with Crippen LogP contribution in [0.5, 0.6) is 0 Å². The summed E-state index contributed by atoms with van der Waals surface area (Å²) < 4.78 is 17.9. The second-order valence-corrected chi connectivity index (χ2v) is 9.74. The summed E-state index contributed by atoms with van der Waals surface area (Å²) in [7, 11) is 0.817. The highest BCUT2D eigenvalue weighted by atomic mass is 127. The molecule has 3 rings (SSSR count). The molecule has 6 nitrogen and oxygen atoms in total. The largest absolute Gasteiger partial charge is 0.379 e. The molecule has 30 heavy (non-hydrogen) atoms. The van der Waals surface area contributed by atoms with Crippen LogP contribution in [0.15, 0.2) is 40.2 Å². The number of hydrogen-bond donors (Lipinski definition) is 2. The second-order valence-electron chi connectivity index (χ2n) is 8.16. The molecule has 8 heteroatoms. The van der Waals surface area contributed by atoms with Gasteiger partial charge in [0.1, 0.15) is 0 Å². The number of aliphatic imine (C=N–C) groups is 1. The summed E-state index contributed by atoms with van der Waals surface area (Å²) in [6.07, 6.45) is 6.52. The van der Waals surface area contributed by atoms with E-state index < -0.39 is 10.8 Å². The van der Waals surface area contributed by atoms with Crippen molar-refractivity contribution in [3.05, 3.63) is 30.3 Å². The van der Waals surface area contributed by atoms with Crippen LogP contribution in [0.25, 0.3) is 0 Å². The summed E-state index contributed by atoms with van der Waals surface area (Å²) in [6.45, 7) is 6.50. The van der Waals surface area contributed by atoms with Crippen LogP contribution in [-0.4, -0.2) is 73.8 Å². The highest BCUT2D eigenvalue weighted by molar-refractivity contribution is 14.0. The SMILES string of the molecule is CN=C(NCCS(=O)c1ccccc1)NCC1(CN2CCOCC2)CCCCC1.I. The maximum absolute atomic E-state index is 12.4. The van der Waals surface area contributed by atoms with Gasteiger partial charge in [-0.15, -0.1) is 24.0 Å². The summed E-state index contributed by atoms with van der Waals surface area (Å²) in [4.78, 5) is 7.83. The first-order valence-electron chi connectivity index (χ1n) is 10.9. The summed E-state index contributed by atoms with van der Waals surface area (Å²) in [5.41, 5.74) is 0.306. The molecule has 0 bridgehead atoms. The van der Waals surface area contributed by atoms with E-state index in [1.54, 1.807) is 7.05 Å². The standard InChI is InChI=1S/C22H36N4O2S.HI/c1-23-21(24-12-17-29(27)20-8-4-2-5-9-20)25-18-22(10-6-3-7-11-22)19-26-13-15-28-16-14-26;/h2,4-5,8-9H,3,6-7,10-19H2,1H3,(H2,23,24,25);1H. The number of halogens is 1. The quantitative estimate of drug-likeness (QED) is 0.297. The van der Waals surface area contributed by atoms with Crippen molar-refractivity contribution in [3.63, 3.8) is 0 Å². The third-order valence-corrected chi connectivity index (χ3v) is 7.39. The molecule has 1 aliphatic carbocycles. The number of ether oxygens (including phenoxy) is 1. The summed E-state index contributed by atoms with van der Waals surface area (Å²) >= 11 is 0. The van der Waals surface area contributed by atoms with E-state index in [0.717, 1.165) is 50.2 Å². The smallest absolute Gasteiger partial charge is 0.191 e. The van der Waals surface area contributed by atoms with Crippen LogP contribution >= 0.6 is 24.0 Å². The Balaban J connectivity index is 0.00000320. The van der Waals surface area contributed by atoms with E-state index >= 15 is 0 Å². The molecule has 170 valence electrons. The Labute approximate surface area is 201 Å². The molecule has 1 unspecified atom stereocenters. The molecule has 2 N–H and O–H groups in total. The van der Waals surface area contributed by atoms with Gasteiger partial charge in [-0.3, -0.25) is 14.1 Å². The van der Waals surface area contributed by atoms with E-state index in [2.05, 4.69) is 20.5 Å². The number of rotatable bonds is 8. The number of nitrogens with one attached hydrogen (secondary N) is 2. The van der Waals surface area contributed by atoms with E-state index in [0.29, 0.717) is 17.7 Å². The third kappa shape index (κ3) is 8.09. The van der Waals surface area contributed by atoms with Crippen molar-refractivity contribution in [1.82, 2.24) is 15.5 Å². The normalized spacial score (nSPS) is 20.8. The first kappa shape index (κ1) is 25.5. The molecule has 0 amide bonds. The molecule has 1 saturated carbocycles. The number of hydrogen-bond acceptors (Lipinski definition) is 4.